The normalized spacial score (nSPS) is 12.0. The molecule has 1 aromatic heterocycles. The van der Waals surface area contributed by atoms with Gasteiger partial charge in [-0.1, -0.05) is 37.3 Å². The Morgan fingerprint density at radius 1 is 1.07 bits per heavy atom. The Labute approximate surface area is 160 Å². The van der Waals surface area contributed by atoms with Crippen molar-refractivity contribution in [2.45, 2.75) is 26.0 Å². The molecule has 0 bridgehead atoms. The molecule has 0 spiro atoms. The van der Waals surface area contributed by atoms with E-state index >= 15 is 0 Å². The average molecular weight is 387 g/mol. The van der Waals surface area contributed by atoms with Crippen LogP contribution in [0.4, 0.5) is 8.78 Å². The number of carbonyl (C=O) groups excluding carboxylic acids is 1. The van der Waals surface area contributed by atoms with E-state index in [1.807, 2.05) is 29.6 Å². The predicted molar refractivity (Wildman–Crippen MR) is 103 cm³/mol. The second-order valence-electron chi connectivity index (χ2n) is 5.92. The lowest BCUT2D eigenvalue weighted by molar-refractivity contribution is -0.0498. The van der Waals surface area contributed by atoms with E-state index in [0.717, 1.165) is 16.9 Å². The molecule has 2 aromatic carbocycles. The van der Waals surface area contributed by atoms with E-state index in [1.54, 1.807) is 11.3 Å². The van der Waals surface area contributed by atoms with E-state index in [-0.39, 0.29) is 17.7 Å². The highest BCUT2D eigenvalue weighted by Gasteiger charge is 2.19. The van der Waals surface area contributed by atoms with Crippen LogP contribution in [-0.2, 0) is 6.42 Å². The Bertz CT molecular complexity index is 862. The number of hydrogen-bond donors (Lipinski definition) is 1. The molecule has 3 rings (SSSR count). The van der Waals surface area contributed by atoms with Gasteiger partial charge >= 0.3 is 6.61 Å². The molecule has 1 heterocycles. The van der Waals surface area contributed by atoms with Crippen LogP contribution in [0.5, 0.6) is 5.75 Å². The molecule has 0 saturated carbocycles. The number of aryl methyl sites for hydroxylation is 1. The fourth-order valence-corrected chi connectivity index (χ4v) is 3.52. The molecular weight excluding hydrogens is 368 g/mol. The van der Waals surface area contributed by atoms with E-state index < -0.39 is 6.61 Å². The number of halogens is 2. The molecule has 3 aromatic rings. The van der Waals surface area contributed by atoms with Crippen molar-refractivity contribution in [2.24, 2.45) is 0 Å². The fraction of sp³-hybridized carbons (Fsp3) is 0.190. The van der Waals surface area contributed by atoms with Gasteiger partial charge in [0.25, 0.3) is 5.91 Å². The lowest BCUT2D eigenvalue weighted by Gasteiger charge is -2.19. The van der Waals surface area contributed by atoms with E-state index in [4.69, 9.17) is 0 Å². The molecule has 0 aliphatic rings. The van der Waals surface area contributed by atoms with Crippen molar-refractivity contribution in [1.82, 2.24) is 5.32 Å². The second kappa shape index (κ2) is 8.77. The zero-order chi connectivity index (χ0) is 19.2. The first-order valence-electron chi connectivity index (χ1n) is 8.54. The third kappa shape index (κ3) is 4.92. The quantitative estimate of drug-likeness (QED) is 0.587. The van der Waals surface area contributed by atoms with Crippen molar-refractivity contribution in [3.63, 3.8) is 0 Å². The minimum Gasteiger partial charge on any atom is -0.435 e. The van der Waals surface area contributed by atoms with Crippen molar-refractivity contribution in [2.75, 3.05) is 0 Å². The molecule has 0 unspecified atom stereocenters. The molecule has 1 N–H and O–H groups in total. The van der Waals surface area contributed by atoms with Crippen LogP contribution in [0.25, 0.3) is 0 Å². The van der Waals surface area contributed by atoms with Gasteiger partial charge in [0.1, 0.15) is 5.75 Å². The number of carbonyl (C=O) groups is 1. The Balaban J connectivity index is 1.80. The molecule has 0 aliphatic carbocycles. The van der Waals surface area contributed by atoms with Crippen LogP contribution in [-0.4, -0.2) is 12.5 Å². The van der Waals surface area contributed by atoms with Crippen molar-refractivity contribution >= 4 is 17.2 Å². The summed E-state index contributed by atoms with van der Waals surface area (Å²) in [7, 11) is 0. The van der Waals surface area contributed by atoms with E-state index in [2.05, 4.69) is 29.1 Å². The number of amides is 1. The Kier molecular flexibility index (Phi) is 6.19. The zero-order valence-corrected chi connectivity index (χ0v) is 15.5. The summed E-state index contributed by atoms with van der Waals surface area (Å²) in [4.78, 5) is 13.7. The van der Waals surface area contributed by atoms with Crippen LogP contribution in [0.15, 0.2) is 66.0 Å². The van der Waals surface area contributed by atoms with Gasteiger partial charge < -0.3 is 10.1 Å². The minimum absolute atomic E-state index is 0.0199. The molecule has 0 saturated heterocycles. The lowest BCUT2D eigenvalue weighted by Crippen LogP contribution is -2.28. The zero-order valence-electron chi connectivity index (χ0n) is 14.7. The number of alkyl halides is 2. The minimum atomic E-state index is -2.89. The maximum Gasteiger partial charge on any atom is 0.387 e. The van der Waals surface area contributed by atoms with Crippen LogP contribution < -0.4 is 10.1 Å². The maximum absolute atomic E-state index is 12.7. The van der Waals surface area contributed by atoms with E-state index in [1.165, 1.54) is 29.8 Å². The summed E-state index contributed by atoms with van der Waals surface area (Å²) in [6.07, 6.45) is 0.948. The van der Waals surface area contributed by atoms with Gasteiger partial charge in [0.15, 0.2) is 0 Å². The summed E-state index contributed by atoms with van der Waals surface area (Å²) < 4.78 is 28.8. The van der Waals surface area contributed by atoms with Gasteiger partial charge in [-0.2, -0.15) is 8.78 Å². The van der Waals surface area contributed by atoms with Gasteiger partial charge in [-0.3, -0.25) is 4.79 Å². The summed E-state index contributed by atoms with van der Waals surface area (Å²) in [6, 6.07) is 17.4. The van der Waals surface area contributed by atoms with Crippen molar-refractivity contribution in [3.05, 3.63) is 87.6 Å². The topological polar surface area (TPSA) is 38.3 Å². The number of rotatable bonds is 7. The first kappa shape index (κ1) is 19.0. The smallest absolute Gasteiger partial charge is 0.387 e. The molecule has 140 valence electrons. The lowest BCUT2D eigenvalue weighted by atomic mass is 10.0. The Hall–Kier alpha value is -2.73. The molecule has 27 heavy (non-hydrogen) atoms. The Morgan fingerprint density at radius 2 is 1.78 bits per heavy atom. The highest BCUT2D eigenvalue weighted by atomic mass is 32.1. The highest BCUT2D eigenvalue weighted by molar-refractivity contribution is 7.10. The van der Waals surface area contributed by atoms with Gasteiger partial charge in [0, 0.05) is 10.4 Å². The molecule has 1 amide bonds. The second-order valence-corrected chi connectivity index (χ2v) is 6.90. The van der Waals surface area contributed by atoms with Crippen molar-refractivity contribution in [1.29, 1.82) is 0 Å². The number of hydrogen-bond acceptors (Lipinski definition) is 3. The number of benzene rings is 2. The largest absolute Gasteiger partial charge is 0.435 e. The van der Waals surface area contributed by atoms with Gasteiger partial charge in [0.2, 0.25) is 0 Å². The summed E-state index contributed by atoms with van der Waals surface area (Å²) in [6.45, 7) is -0.798. The number of thiophene rings is 1. The first-order valence-corrected chi connectivity index (χ1v) is 9.42. The first-order chi connectivity index (χ1) is 13.1. The monoisotopic (exact) mass is 387 g/mol. The Morgan fingerprint density at radius 3 is 2.33 bits per heavy atom. The van der Waals surface area contributed by atoms with Gasteiger partial charge in [-0.25, -0.2) is 0 Å². The third-order valence-electron chi connectivity index (χ3n) is 4.17. The van der Waals surface area contributed by atoms with Gasteiger partial charge in [-0.05, 0) is 53.3 Å². The van der Waals surface area contributed by atoms with Gasteiger partial charge in [0.05, 0.1) is 6.04 Å². The van der Waals surface area contributed by atoms with Crippen LogP contribution in [0.3, 0.4) is 0 Å². The molecule has 6 heteroatoms. The highest BCUT2D eigenvalue weighted by Crippen LogP contribution is 2.27. The van der Waals surface area contributed by atoms with Crippen molar-refractivity contribution < 1.29 is 18.3 Å². The SMILES string of the molecule is CCc1ccc([C@H](NC(=O)c2ccc(OC(F)F)cc2)c2cccs2)cc1. The standard InChI is InChI=1S/C21H19F2NO2S/c1-2-14-5-7-15(8-6-14)19(18-4-3-13-27-18)24-20(25)16-9-11-17(12-10-16)26-21(22)23/h3-13,19,21H,2H2,1H3,(H,24,25)/t19-/m0/s1. The molecule has 1 atom stereocenters. The summed E-state index contributed by atoms with van der Waals surface area (Å²) >= 11 is 1.56. The molecule has 3 nitrogen and oxygen atoms in total. The predicted octanol–water partition coefficient (Wildman–Crippen LogP) is 5.43. The van der Waals surface area contributed by atoms with Crippen LogP contribution in [0.2, 0.25) is 0 Å². The third-order valence-corrected chi connectivity index (χ3v) is 5.10. The van der Waals surface area contributed by atoms with E-state index in [9.17, 15) is 13.6 Å². The maximum atomic E-state index is 12.7. The fourth-order valence-electron chi connectivity index (χ4n) is 2.72. The van der Waals surface area contributed by atoms with Gasteiger partial charge in [-0.15, -0.1) is 11.3 Å². The number of nitrogens with one attached hydrogen (secondary N) is 1. The number of ether oxygens (including phenoxy) is 1. The summed E-state index contributed by atoms with van der Waals surface area (Å²) in [5, 5.41) is 5.00. The van der Waals surface area contributed by atoms with Crippen molar-refractivity contribution in [3.8, 4) is 5.75 Å². The van der Waals surface area contributed by atoms with Crippen LogP contribution >= 0.6 is 11.3 Å². The summed E-state index contributed by atoms with van der Waals surface area (Å²) in [5.41, 5.74) is 2.59. The molecular formula is C21H19F2NO2S. The molecule has 0 radical (unpaired) electrons. The molecule has 0 aliphatic heterocycles. The molecule has 0 fully saturated rings. The average Bonchev–Trinajstić information content (AvgIpc) is 3.20. The van der Waals surface area contributed by atoms with E-state index in [0.29, 0.717) is 5.56 Å². The van der Waals surface area contributed by atoms with Crippen LogP contribution in [0, 0.1) is 0 Å². The van der Waals surface area contributed by atoms with Crippen LogP contribution in [0.1, 0.15) is 39.3 Å². The summed E-state index contributed by atoms with van der Waals surface area (Å²) in [5.74, 6) is -0.261.